The number of rotatable bonds is 4. The van der Waals surface area contributed by atoms with Crippen molar-refractivity contribution >= 4 is 0 Å². The SMILES string of the molecule is CC.CC.CNN(C)C(C)(C)C(C)(C)C(C)C. The van der Waals surface area contributed by atoms with Crippen molar-refractivity contribution in [1.29, 1.82) is 0 Å². The monoisotopic (exact) mass is 246 g/mol. The molecule has 0 aromatic carbocycles. The van der Waals surface area contributed by atoms with Gasteiger partial charge in [0.2, 0.25) is 0 Å². The van der Waals surface area contributed by atoms with Crippen molar-refractivity contribution in [2.45, 2.75) is 74.8 Å². The Hall–Kier alpha value is -0.0800. The van der Waals surface area contributed by atoms with E-state index in [1.54, 1.807) is 0 Å². The first kappa shape index (κ1) is 22.1. The van der Waals surface area contributed by atoms with Crippen LogP contribution in [0.15, 0.2) is 0 Å². The van der Waals surface area contributed by atoms with Gasteiger partial charge in [-0.1, -0.05) is 55.4 Å². The second kappa shape index (κ2) is 9.90. The maximum absolute atomic E-state index is 3.20. The predicted octanol–water partition coefficient (Wildman–Crippen LogP) is 4.57. The molecule has 0 heterocycles. The van der Waals surface area contributed by atoms with Crippen LogP contribution in [0.5, 0.6) is 0 Å². The Labute approximate surface area is 111 Å². The van der Waals surface area contributed by atoms with Gasteiger partial charge in [0, 0.05) is 12.6 Å². The summed E-state index contributed by atoms with van der Waals surface area (Å²) < 4.78 is 0. The van der Waals surface area contributed by atoms with Gasteiger partial charge in [0.15, 0.2) is 0 Å². The molecular formula is C15H38N2. The fourth-order valence-electron chi connectivity index (χ4n) is 1.42. The number of hydrogen-bond donors (Lipinski definition) is 1. The lowest BCUT2D eigenvalue weighted by molar-refractivity contribution is -0.0268. The van der Waals surface area contributed by atoms with Gasteiger partial charge >= 0.3 is 0 Å². The van der Waals surface area contributed by atoms with Crippen molar-refractivity contribution in [2.75, 3.05) is 14.1 Å². The van der Waals surface area contributed by atoms with Crippen LogP contribution >= 0.6 is 0 Å². The number of nitrogens with one attached hydrogen (secondary N) is 1. The molecule has 0 aliphatic heterocycles. The normalized spacial score (nSPS) is 11.6. The minimum absolute atomic E-state index is 0.149. The van der Waals surface area contributed by atoms with E-state index >= 15 is 0 Å². The van der Waals surface area contributed by atoms with Gasteiger partial charge in [0.1, 0.15) is 0 Å². The zero-order valence-electron chi connectivity index (χ0n) is 14.5. The summed E-state index contributed by atoms with van der Waals surface area (Å²) in [4.78, 5) is 0. The third-order valence-corrected chi connectivity index (χ3v) is 4.19. The first-order valence-electron chi connectivity index (χ1n) is 7.09. The maximum Gasteiger partial charge on any atom is 0.0348 e. The molecule has 0 aromatic heterocycles. The summed E-state index contributed by atoms with van der Waals surface area (Å²) >= 11 is 0. The second-order valence-electron chi connectivity index (χ2n) is 5.22. The molecule has 0 bridgehead atoms. The molecule has 1 N–H and O–H groups in total. The van der Waals surface area contributed by atoms with Gasteiger partial charge in [0.25, 0.3) is 0 Å². The number of hydrogen-bond acceptors (Lipinski definition) is 2. The smallest absolute Gasteiger partial charge is 0.0348 e. The van der Waals surface area contributed by atoms with Crippen LogP contribution in [0.2, 0.25) is 0 Å². The molecular weight excluding hydrogens is 208 g/mol. The van der Waals surface area contributed by atoms with Gasteiger partial charge in [-0.05, 0) is 32.2 Å². The molecule has 0 aromatic rings. The molecule has 0 rings (SSSR count). The molecule has 17 heavy (non-hydrogen) atoms. The van der Waals surface area contributed by atoms with Crippen LogP contribution in [-0.4, -0.2) is 24.6 Å². The van der Waals surface area contributed by atoms with E-state index in [0.29, 0.717) is 5.92 Å². The summed E-state index contributed by atoms with van der Waals surface area (Å²) in [6.07, 6.45) is 0. The molecule has 0 saturated carbocycles. The lowest BCUT2D eigenvalue weighted by Crippen LogP contribution is -2.58. The minimum Gasteiger partial charge on any atom is -0.258 e. The Morgan fingerprint density at radius 1 is 0.882 bits per heavy atom. The van der Waals surface area contributed by atoms with E-state index in [-0.39, 0.29) is 11.0 Å². The predicted molar refractivity (Wildman–Crippen MR) is 82.2 cm³/mol. The summed E-state index contributed by atoms with van der Waals surface area (Å²) in [6, 6.07) is 0. The summed E-state index contributed by atoms with van der Waals surface area (Å²) in [5.41, 5.74) is 3.63. The standard InChI is InChI=1S/C11H26N2.2C2H6/c1-9(2)10(3,4)11(5,6)13(8)12-7;2*1-2/h9,12H,1-8H3;2*1-2H3. The Kier molecular flexibility index (Phi) is 12.9. The lowest BCUT2D eigenvalue weighted by Gasteiger charge is -2.49. The summed E-state index contributed by atoms with van der Waals surface area (Å²) in [5.74, 6) is 0.665. The molecule has 0 aliphatic carbocycles. The van der Waals surface area contributed by atoms with Crippen molar-refractivity contribution in [1.82, 2.24) is 10.4 Å². The Morgan fingerprint density at radius 2 is 1.18 bits per heavy atom. The van der Waals surface area contributed by atoms with Crippen molar-refractivity contribution in [3.8, 4) is 0 Å². The average molecular weight is 246 g/mol. The lowest BCUT2D eigenvalue weighted by atomic mass is 9.67. The first-order valence-corrected chi connectivity index (χ1v) is 7.09. The van der Waals surface area contributed by atoms with Crippen LogP contribution in [0.3, 0.4) is 0 Å². The molecule has 0 saturated heterocycles. The van der Waals surface area contributed by atoms with E-state index < -0.39 is 0 Å². The topological polar surface area (TPSA) is 15.3 Å². The van der Waals surface area contributed by atoms with E-state index in [1.807, 2.05) is 34.7 Å². The van der Waals surface area contributed by atoms with Gasteiger partial charge in [-0.3, -0.25) is 5.43 Å². The van der Waals surface area contributed by atoms with Crippen LogP contribution < -0.4 is 5.43 Å². The highest BCUT2D eigenvalue weighted by atomic mass is 15.5. The Balaban J connectivity index is -0.000000439. The first-order chi connectivity index (χ1) is 7.67. The third kappa shape index (κ3) is 5.87. The minimum atomic E-state index is 0.149. The Bertz CT molecular complexity index is 160. The fraction of sp³-hybridized carbons (Fsp3) is 1.00. The summed E-state index contributed by atoms with van der Waals surface area (Å²) in [7, 11) is 4.07. The zero-order chi connectivity index (χ0) is 14.9. The molecule has 0 radical (unpaired) electrons. The zero-order valence-corrected chi connectivity index (χ0v) is 14.5. The summed E-state index contributed by atoms with van der Waals surface area (Å²) in [6.45, 7) is 21.8. The van der Waals surface area contributed by atoms with E-state index in [1.165, 1.54) is 0 Å². The molecule has 0 spiro atoms. The van der Waals surface area contributed by atoms with Crippen LogP contribution in [0.4, 0.5) is 0 Å². The quantitative estimate of drug-likeness (QED) is 0.731. The van der Waals surface area contributed by atoms with Crippen LogP contribution in [-0.2, 0) is 0 Å². The van der Waals surface area contributed by atoms with Gasteiger partial charge in [-0.2, -0.15) is 0 Å². The number of nitrogens with zero attached hydrogens (tertiary/aromatic N) is 1. The van der Waals surface area contributed by atoms with E-state index in [9.17, 15) is 0 Å². The molecule has 0 unspecified atom stereocenters. The van der Waals surface area contributed by atoms with Crippen LogP contribution in [0.1, 0.15) is 69.2 Å². The molecule has 0 aliphatic rings. The molecule has 2 nitrogen and oxygen atoms in total. The van der Waals surface area contributed by atoms with Gasteiger partial charge in [0.05, 0.1) is 0 Å². The van der Waals surface area contributed by atoms with Crippen LogP contribution in [0.25, 0.3) is 0 Å². The van der Waals surface area contributed by atoms with E-state index in [2.05, 4.69) is 59.0 Å². The van der Waals surface area contributed by atoms with Gasteiger partial charge in [-0.25, -0.2) is 5.01 Å². The largest absolute Gasteiger partial charge is 0.258 e. The van der Waals surface area contributed by atoms with E-state index in [0.717, 1.165) is 0 Å². The van der Waals surface area contributed by atoms with Crippen molar-refractivity contribution < 1.29 is 0 Å². The molecule has 2 heteroatoms. The third-order valence-electron chi connectivity index (χ3n) is 4.19. The van der Waals surface area contributed by atoms with Gasteiger partial charge in [-0.15, -0.1) is 0 Å². The van der Waals surface area contributed by atoms with Gasteiger partial charge < -0.3 is 0 Å². The molecule has 0 atom stereocenters. The van der Waals surface area contributed by atoms with Crippen molar-refractivity contribution in [3.63, 3.8) is 0 Å². The van der Waals surface area contributed by atoms with Crippen LogP contribution in [0, 0.1) is 11.3 Å². The Morgan fingerprint density at radius 3 is 1.35 bits per heavy atom. The highest BCUT2D eigenvalue weighted by Crippen LogP contribution is 2.40. The number of hydrazine groups is 1. The maximum atomic E-state index is 3.20. The average Bonchev–Trinajstić information content (AvgIpc) is 2.32. The highest BCUT2D eigenvalue weighted by Gasteiger charge is 2.41. The fourth-order valence-corrected chi connectivity index (χ4v) is 1.42. The van der Waals surface area contributed by atoms with Crippen molar-refractivity contribution in [3.05, 3.63) is 0 Å². The second-order valence-corrected chi connectivity index (χ2v) is 5.22. The van der Waals surface area contributed by atoms with E-state index in [4.69, 9.17) is 0 Å². The molecule has 0 fully saturated rings. The molecule has 108 valence electrons. The highest BCUT2D eigenvalue weighted by molar-refractivity contribution is 4.94. The molecule has 0 amide bonds. The van der Waals surface area contributed by atoms with Crippen molar-refractivity contribution in [2.24, 2.45) is 11.3 Å². The summed E-state index contributed by atoms with van der Waals surface area (Å²) in [5, 5.41) is 2.19.